The standard InChI is InChI=1S/C19H40N/c1-4-7-9-11-13-15-18-20(17-6-3)19-16-14-12-10-8-5-2/h3-19H2,1-2H3. The maximum Gasteiger partial charge on any atom is -0.00187 e. The van der Waals surface area contributed by atoms with Crippen molar-refractivity contribution in [2.24, 2.45) is 0 Å². The fourth-order valence-corrected chi connectivity index (χ4v) is 2.79. The fourth-order valence-electron chi connectivity index (χ4n) is 2.79. The summed E-state index contributed by atoms with van der Waals surface area (Å²) in [4.78, 5) is 2.65. The molecule has 0 aliphatic rings. The normalized spacial score (nSPS) is 11.4. The average Bonchev–Trinajstić information content (AvgIpc) is 2.46. The summed E-state index contributed by atoms with van der Waals surface area (Å²) < 4.78 is 0. The van der Waals surface area contributed by atoms with Crippen LogP contribution in [0.2, 0.25) is 0 Å². The van der Waals surface area contributed by atoms with Gasteiger partial charge in [-0.25, -0.2) is 0 Å². The lowest BCUT2D eigenvalue weighted by Crippen LogP contribution is -2.27. The van der Waals surface area contributed by atoms with Gasteiger partial charge in [-0.1, -0.05) is 85.0 Å². The van der Waals surface area contributed by atoms with Crippen LogP contribution in [0.1, 0.15) is 97.3 Å². The van der Waals surface area contributed by atoms with Gasteiger partial charge in [0.2, 0.25) is 0 Å². The summed E-state index contributed by atoms with van der Waals surface area (Å²) in [5.74, 6) is 0. The minimum atomic E-state index is 1.06. The molecule has 0 aromatic rings. The predicted molar refractivity (Wildman–Crippen MR) is 93.2 cm³/mol. The number of hydrogen-bond donors (Lipinski definition) is 0. The van der Waals surface area contributed by atoms with Gasteiger partial charge in [0.05, 0.1) is 0 Å². The number of hydrogen-bond acceptors (Lipinski definition) is 1. The van der Waals surface area contributed by atoms with E-state index in [4.69, 9.17) is 0 Å². The topological polar surface area (TPSA) is 3.24 Å². The monoisotopic (exact) mass is 282 g/mol. The van der Waals surface area contributed by atoms with Crippen molar-refractivity contribution in [2.45, 2.75) is 97.3 Å². The maximum atomic E-state index is 4.02. The Labute approximate surface area is 129 Å². The first-order valence-corrected chi connectivity index (χ1v) is 9.36. The van der Waals surface area contributed by atoms with Crippen LogP contribution in [0.5, 0.6) is 0 Å². The van der Waals surface area contributed by atoms with Gasteiger partial charge in [0.15, 0.2) is 0 Å². The van der Waals surface area contributed by atoms with Gasteiger partial charge in [-0.15, -0.1) is 0 Å². The summed E-state index contributed by atoms with van der Waals surface area (Å²) in [5, 5.41) is 0. The quantitative estimate of drug-likeness (QED) is 0.303. The minimum Gasteiger partial charge on any atom is -0.303 e. The Hall–Kier alpha value is -0.0400. The lowest BCUT2D eigenvalue weighted by Gasteiger charge is -2.21. The molecule has 1 radical (unpaired) electrons. The molecule has 0 aliphatic carbocycles. The summed E-state index contributed by atoms with van der Waals surface area (Å²) in [6.45, 7) is 12.4. The summed E-state index contributed by atoms with van der Waals surface area (Å²) >= 11 is 0. The first-order chi connectivity index (χ1) is 9.85. The molecule has 0 atom stereocenters. The highest BCUT2D eigenvalue weighted by atomic mass is 15.1. The van der Waals surface area contributed by atoms with Gasteiger partial charge in [0.25, 0.3) is 0 Å². The Morgan fingerprint density at radius 2 is 0.950 bits per heavy atom. The van der Waals surface area contributed by atoms with Gasteiger partial charge in [-0.3, -0.25) is 0 Å². The summed E-state index contributed by atoms with van der Waals surface area (Å²) in [6.07, 6.45) is 18.0. The highest BCUT2D eigenvalue weighted by Crippen LogP contribution is 2.09. The molecular weight excluding hydrogens is 242 g/mol. The Balaban J connectivity index is 3.45. The average molecular weight is 283 g/mol. The van der Waals surface area contributed by atoms with E-state index in [1.54, 1.807) is 0 Å². The van der Waals surface area contributed by atoms with E-state index in [0.29, 0.717) is 0 Å². The van der Waals surface area contributed by atoms with E-state index in [0.717, 1.165) is 6.42 Å². The lowest BCUT2D eigenvalue weighted by atomic mass is 10.1. The third kappa shape index (κ3) is 14.4. The molecular formula is C19H40N. The van der Waals surface area contributed by atoms with Crippen LogP contribution in [0.4, 0.5) is 0 Å². The second-order valence-corrected chi connectivity index (χ2v) is 6.23. The summed E-state index contributed by atoms with van der Waals surface area (Å²) in [7, 11) is 0. The van der Waals surface area contributed by atoms with Crippen LogP contribution in [0.3, 0.4) is 0 Å². The Morgan fingerprint density at radius 3 is 1.35 bits per heavy atom. The zero-order valence-electron chi connectivity index (χ0n) is 14.5. The molecule has 0 heterocycles. The number of unbranched alkanes of at least 4 members (excludes halogenated alkanes) is 10. The highest BCUT2D eigenvalue weighted by molar-refractivity contribution is 4.60. The van der Waals surface area contributed by atoms with Crippen molar-refractivity contribution < 1.29 is 0 Å². The maximum absolute atomic E-state index is 4.02. The van der Waals surface area contributed by atoms with E-state index >= 15 is 0 Å². The molecule has 0 aromatic carbocycles. The van der Waals surface area contributed by atoms with Gasteiger partial charge in [0.1, 0.15) is 0 Å². The zero-order chi connectivity index (χ0) is 14.9. The second kappa shape index (κ2) is 17.0. The van der Waals surface area contributed by atoms with Crippen LogP contribution in [0, 0.1) is 6.92 Å². The highest BCUT2D eigenvalue weighted by Gasteiger charge is 2.03. The minimum absolute atomic E-state index is 1.06. The van der Waals surface area contributed by atoms with E-state index in [2.05, 4.69) is 25.7 Å². The summed E-state index contributed by atoms with van der Waals surface area (Å²) in [6, 6.07) is 0. The van der Waals surface area contributed by atoms with Crippen molar-refractivity contribution in [3.8, 4) is 0 Å². The predicted octanol–water partition coefficient (Wildman–Crippen LogP) is 6.23. The molecule has 0 unspecified atom stereocenters. The molecule has 1 heteroatoms. The van der Waals surface area contributed by atoms with Crippen molar-refractivity contribution in [3.63, 3.8) is 0 Å². The third-order valence-electron chi connectivity index (χ3n) is 4.13. The molecule has 0 aliphatic heterocycles. The second-order valence-electron chi connectivity index (χ2n) is 6.23. The Bertz CT molecular complexity index is 151. The van der Waals surface area contributed by atoms with E-state index in [9.17, 15) is 0 Å². The van der Waals surface area contributed by atoms with E-state index < -0.39 is 0 Å². The van der Waals surface area contributed by atoms with Crippen molar-refractivity contribution in [1.82, 2.24) is 4.90 Å². The van der Waals surface area contributed by atoms with E-state index in [1.807, 2.05) is 0 Å². The van der Waals surface area contributed by atoms with Gasteiger partial charge < -0.3 is 4.90 Å². The molecule has 0 fully saturated rings. The molecule has 0 amide bonds. The molecule has 0 saturated heterocycles. The largest absolute Gasteiger partial charge is 0.303 e. The van der Waals surface area contributed by atoms with Crippen LogP contribution < -0.4 is 0 Å². The van der Waals surface area contributed by atoms with Crippen LogP contribution in [-0.2, 0) is 0 Å². The Morgan fingerprint density at radius 1 is 0.550 bits per heavy atom. The SMILES string of the molecule is [CH2]CCN(CCCCCCCC)CCCCCCCC. The van der Waals surface area contributed by atoms with Crippen LogP contribution >= 0.6 is 0 Å². The number of rotatable bonds is 16. The molecule has 0 saturated carbocycles. The zero-order valence-corrected chi connectivity index (χ0v) is 14.5. The van der Waals surface area contributed by atoms with Crippen molar-refractivity contribution in [2.75, 3.05) is 19.6 Å². The van der Waals surface area contributed by atoms with Crippen molar-refractivity contribution in [3.05, 3.63) is 6.92 Å². The van der Waals surface area contributed by atoms with Crippen molar-refractivity contribution >= 4 is 0 Å². The molecule has 0 N–H and O–H groups in total. The molecule has 0 rings (SSSR count). The van der Waals surface area contributed by atoms with Crippen LogP contribution in [0.25, 0.3) is 0 Å². The third-order valence-corrected chi connectivity index (χ3v) is 4.13. The van der Waals surface area contributed by atoms with Gasteiger partial charge >= 0.3 is 0 Å². The van der Waals surface area contributed by atoms with Crippen molar-refractivity contribution in [1.29, 1.82) is 0 Å². The molecule has 0 aromatic heterocycles. The molecule has 0 bridgehead atoms. The first kappa shape index (κ1) is 20.0. The summed E-state index contributed by atoms with van der Waals surface area (Å²) in [5.41, 5.74) is 0. The van der Waals surface area contributed by atoms with E-state index in [-0.39, 0.29) is 0 Å². The molecule has 121 valence electrons. The first-order valence-electron chi connectivity index (χ1n) is 9.36. The molecule has 1 nitrogen and oxygen atoms in total. The van der Waals surface area contributed by atoms with Gasteiger partial charge in [0, 0.05) is 0 Å². The smallest absolute Gasteiger partial charge is 0.00187 e. The van der Waals surface area contributed by atoms with Gasteiger partial charge in [-0.05, 0) is 38.9 Å². The molecule has 0 spiro atoms. The lowest BCUT2D eigenvalue weighted by molar-refractivity contribution is 0.264. The fraction of sp³-hybridized carbons (Fsp3) is 0.947. The Kier molecular flexibility index (Phi) is 17.0. The van der Waals surface area contributed by atoms with Crippen LogP contribution in [0.15, 0.2) is 0 Å². The van der Waals surface area contributed by atoms with Crippen LogP contribution in [-0.4, -0.2) is 24.5 Å². The molecule has 20 heavy (non-hydrogen) atoms. The van der Waals surface area contributed by atoms with E-state index in [1.165, 1.54) is 96.7 Å². The number of nitrogens with zero attached hydrogens (tertiary/aromatic N) is 1. The van der Waals surface area contributed by atoms with Gasteiger partial charge in [-0.2, -0.15) is 0 Å².